The monoisotopic (exact) mass is 526 g/mol. The van der Waals surface area contributed by atoms with Gasteiger partial charge in [0.25, 0.3) is 0 Å². The van der Waals surface area contributed by atoms with Crippen molar-refractivity contribution in [1.29, 1.82) is 0 Å². The topological polar surface area (TPSA) is 12.0 Å². The van der Waals surface area contributed by atoms with Crippen molar-refractivity contribution in [3.05, 3.63) is 6.54 Å². The van der Waals surface area contributed by atoms with E-state index in [1.54, 1.807) is 0 Å². The van der Waals surface area contributed by atoms with Crippen molar-refractivity contribution in [2.45, 2.75) is 13.3 Å². The van der Waals surface area contributed by atoms with E-state index in [0.717, 1.165) is 6.42 Å². The molecule has 0 aliphatic carbocycles. The molecule has 0 heterocycles. The first kappa shape index (κ1) is 16.0. The average Bonchev–Trinajstić information content (AvgIpc) is 1.41. The molecule has 1 radical (unpaired) electrons. The van der Waals surface area contributed by atoms with Crippen LogP contribution in [0.25, 0.3) is 0 Å². The molecule has 0 rings (SSSR count). The second-order valence-corrected chi connectivity index (χ2v) is 0.901. The van der Waals surface area contributed by atoms with Gasteiger partial charge in [0.15, 0.2) is 0 Å². The average molecular weight is 525 g/mol. The van der Waals surface area contributed by atoms with Crippen LogP contribution in [-0.4, -0.2) is 7.05 Å². The number of nitrogens with one attached hydrogen (secondary N) is 1. The molecule has 3 heteroatoms. The second kappa shape index (κ2) is 17.5. The Morgan fingerprint density at radius 3 is 2.00 bits per heavy atom. The van der Waals surface area contributed by atoms with E-state index >= 15 is 0 Å². The number of rotatable bonds is 2. The Kier molecular flexibility index (Phi) is 39.8. The molecule has 0 amide bonds. The van der Waals surface area contributed by atoms with Crippen LogP contribution >= 0.6 is 0 Å². The zero-order valence-electron chi connectivity index (χ0n) is 4.87. The Morgan fingerprint density at radius 2 is 2.00 bits per heavy atom. The van der Waals surface area contributed by atoms with E-state index in [2.05, 4.69) is 12.2 Å². The van der Waals surface area contributed by atoms with Crippen LogP contribution in [0.3, 0.4) is 0 Å². The number of hydrogen-bond acceptors (Lipinski definition) is 1. The van der Waals surface area contributed by atoms with E-state index in [0.29, 0.717) is 0 Å². The van der Waals surface area contributed by atoms with Crippen LogP contribution < -0.4 is 5.32 Å². The maximum absolute atomic E-state index is 2.89. The molecule has 0 aliphatic rings. The Hall–Kier alpha value is -0.378. The first-order chi connectivity index (χ1) is 2.41. The molecule has 0 fully saturated rings. The molecule has 0 aromatic carbocycles. The summed E-state index contributed by atoms with van der Waals surface area (Å²) in [5.74, 6) is 0. The third-order valence-electron chi connectivity index (χ3n) is 0.408. The fraction of sp³-hybridized carbons (Fsp3) is 0.750. The Balaban J connectivity index is -0.0000000800. The van der Waals surface area contributed by atoms with Gasteiger partial charge in [0, 0.05) is 20.4 Å². The van der Waals surface area contributed by atoms with Gasteiger partial charge in [0.05, 0.1) is 0 Å². The van der Waals surface area contributed by atoms with Crippen molar-refractivity contribution in [3.8, 4) is 0 Å². The predicted octanol–water partition coefficient (Wildman–Crippen LogP) is 0.775. The van der Waals surface area contributed by atoms with E-state index in [9.17, 15) is 0 Å². The van der Waals surface area contributed by atoms with E-state index in [1.165, 1.54) is 0 Å². The molecule has 0 saturated carbocycles. The van der Waals surface area contributed by atoms with E-state index in [4.69, 9.17) is 0 Å². The van der Waals surface area contributed by atoms with Crippen molar-refractivity contribution >= 4 is 0 Å². The van der Waals surface area contributed by atoms with Crippen molar-refractivity contribution in [2.24, 2.45) is 0 Å². The Bertz CT molecular complexity index is 19.2. The molecule has 0 aromatic heterocycles. The third-order valence-corrected chi connectivity index (χ3v) is 0.408. The van der Waals surface area contributed by atoms with Gasteiger partial charge in [-0.3, -0.25) is 6.54 Å². The summed E-state index contributed by atoms with van der Waals surface area (Å²) in [7, 11) is 1.91. The first-order valence-electron chi connectivity index (χ1n) is 1.90. The Morgan fingerprint density at radius 1 is 1.57 bits per heavy atom. The smallest absolute Gasteiger partial charge is 0 e. The summed E-state index contributed by atoms with van der Waals surface area (Å²) in [5, 5.41) is 2.89. The molecular formula is C4H10NReRf-. The van der Waals surface area contributed by atoms with E-state index < -0.39 is 0 Å². The third kappa shape index (κ3) is 28.0. The molecule has 0 spiro atoms. The zero-order chi connectivity index (χ0) is 4.12. The minimum Gasteiger partial charge on any atom is -0.472 e. The molecule has 7 heavy (non-hydrogen) atoms. The molecule has 0 unspecified atom stereocenters. The minimum atomic E-state index is 0. The molecule has 0 saturated heterocycles. The van der Waals surface area contributed by atoms with Gasteiger partial charge < -0.3 is 5.32 Å². The molecule has 0 aliphatic heterocycles. The maximum Gasteiger partial charge on any atom is 0 e. The van der Waals surface area contributed by atoms with Crippen LogP contribution in [0, 0.1) is 6.54 Å². The summed E-state index contributed by atoms with van der Waals surface area (Å²) >= 11 is 0. The molecule has 0 aromatic rings. The van der Waals surface area contributed by atoms with Gasteiger partial charge >= 0.3 is 0 Å². The summed E-state index contributed by atoms with van der Waals surface area (Å²) in [5.41, 5.74) is 0. The maximum atomic E-state index is 2.89. The SMILES string of the molecule is CC[CH-]NC.[Re].[Rf]. The van der Waals surface area contributed by atoms with Gasteiger partial charge in [0.1, 0.15) is 0 Å². The molecule has 1 nitrogen and oxygen atoms in total. The molecule has 0 atom stereocenters. The van der Waals surface area contributed by atoms with E-state index in [1.807, 2.05) is 13.6 Å². The molecule has 1 N–H and O–H groups in total. The van der Waals surface area contributed by atoms with Crippen molar-refractivity contribution in [2.75, 3.05) is 7.05 Å². The standard InChI is InChI=1S/C4H10N.Re.Rf/c1-3-4-5-2;;/h4-5H,3H2,1-2H3;;/q-1;;. The van der Waals surface area contributed by atoms with Crippen molar-refractivity contribution in [3.63, 3.8) is 0 Å². The van der Waals surface area contributed by atoms with Gasteiger partial charge in [-0.25, -0.2) is 0 Å². The first-order valence-corrected chi connectivity index (χ1v) is 1.90. The normalized spacial score (nSPS) is 6.00. The summed E-state index contributed by atoms with van der Waals surface area (Å²) < 4.78 is 0. The number of hydrogen-bond donors (Lipinski definition) is 1. The molecule has 0 bridgehead atoms. The molecular weight excluding hydrogens is 515 g/mol. The predicted molar refractivity (Wildman–Crippen MR) is 23.7 cm³/mol. The summed E-state index contributed by atoms with van der Waals surface area (Å²) in [4.78, 5) is 0. The summed E-state index contributed by atoms with van der Waals surface area (Å²) in [6.07, 6.45) is 1.11. The summed E-state index contributed by atoms with van der Waals surface area (Å²) in [6.45, 7) is 4.09. The van der Waals surface area contributed by atoms with Crippen LogP contribution in [0.4, 0.5) is 0 Å². The van der Waals surface area contributed by atoms with Crippen molar-refractivity contribution in [1.82, 2.24) is 5.32 Å². The van der Waals surface area contributed by atoms with Crippen LogP contribution in [0.2, 0.25) is 0 Å². The van der Waals surface area contributed by atoms with Gasteiger partial charge in [-0.05, 0) is 7.05 Å². The Labute approximate surface area is 53.2 Å². The zero-order valence-corrected chi connectivity index (χ0v) is 14.0. The van der Waals surface area contributed by atoms with Gasteiger partial charge in [-0.2, -0.15) is 6.42 Å². The van der Waals surface area contributed by atoms with Gasteiger partial charge in [-0.1, -0.05) is 6.92 Å². The van der Waals surface area contributed by atoms with Crippen LogP contribution in [-0.2, 0) is 20.4 Å². The fourth-order valence-corrected chi connectivity index (χ4v) is 0.204. The van der Waals surface area contributed by atoms with Crippen LogP contribution in [0.1, 0.15) is 13.3 Å². The quantitative estimate of drug-likeness (QED) is 0.526. The van der Waals surface area contributed by atoms with Crippen molar-refractivity contribution < 1.29 is 20.4 Å². The largest absolute Gasteiger partial charge is 0.472 e. The fourth-order valence-electron chi connectivity index (χ4n) is 0.204. The molecule has 41 valence electrons. The van der Waals surface area contributed by atoms with Crippen LogP contribution in [0.5, 0.6) is 0 Å². The van der Waals surface area contributed by atoms with Gasteiger partial charge in [0.2, 0.25) is 0 Å². The minimum absolute atomic E-state index is 0. The summed E-state index contributed by atoms with van der Waals surface area (Å²) in [6, 6.07) is 0. The van der Waals surface area contributed by atoms with Crippen LogP contribution in [0.15, 0.2) is 0 Å². The van der Waals surface area contributed by atoms with E-state index in [-0.39, 0.29) is 20.4 Å². The second-order valence-electron chi connectivity index (χ2n) is 0.901. The van der Waals surface area contributed by atoms with Gasteiger partial charge in [-0.15, -0.1) is 0 Å².